The molecule has 0 aliphatic rings. The second kappa shape index (κ2) is 7.71. The summed E-state index contributed by atoms with van der Waals surface area (Å²) in [5, 5.41) is 12.3. The smallest absolute Gasteiger partial charge is 0.185 e. The summed E-state index contributed by atoms with van der Waals surface area (Å²) in [4.78, 5) is 0. The summed E-state index contributed by atoms with van der Waals surface area (Å²) in [7, 11) is 0.0981. The summed E-state index contributed by atoms with van der Waals surface area (Å²) in [6, 6.07) is 13.0. The van der Waals surface area contributed by atoms with Crippen LogP contribution in [0.1, 0.15) is 64.2 Å². The van der Waals surface area contributed by atoms with Crippen LogP contribution in [0.4, 0.5) is 5.69 Å². The molecule has 0 unspecified atom stereocenters. The molecule has 2 aromatic rings. The molecule has 0 bridgehead atoms. The van der Waals surface area contributed by atoms with Crippen LogP contribution in [0.5, 0.6) is 5.75 Å². The molecule has 2 nitrogen and oxygen atoms in total. The van der Waals surface area contributed by atoms with E-state index in [2.05, 4.69) is 103 Å². The number of nitrogens with zero attached hydrogens (tertiary/aromatic N) is 1. The molecule has 3 heteroatoms. The fourth-order valence-corrected chi connectivity index (χ4v) is 6.29. The van der Waals surface area contributed by atoms with Gasteiger partial charge in [0.25, 0.3) is 0 Å². The highest BCUT2D eigenvalue weighted by molar-refractivity contribution is 6.93. The monoisotopic (exact) mass is 383 g/mol. The third kappa shape index (κ3) is 4.08. The van der Waals surface area contributed by atoms with E-state index in [0.29, 0.717) is 11.7 Å². The predicted octanol–water partition coefficient (Wildman–Crippen LogP) is 5.92. The lowest BCUT2D eigenvalue weighted by molar-refractivity contribution is 0.450. The van der Waals surface area contributed by atoms with Gasteiger partial charge in [-0.3, -0.25) is 0 Å². The van der Waals surface area contributed by atoms with Gasteiger partial charge in [0, 0.05) is 10.9 Å². The first-order valence-corrected chi connectivity index (χ1v) is 13.1. The predicted molar refractivity (Wildman–Crippen MR) is 122 cm³/mol. The maximum Gasteiger partial charge on any atom is 0.185 e. The van der Waals surface area contributed by atoms with Crippen molar-refractivity contribution in [2.24, 2.45) is 0 Å². The van der Waals surface area contributed by atoms with Crippen LogP contribution in [0.3, 0.4) is 0 Å². The van der Waals surface area contributed by atoms with Crippen LogP contribution in [0.25, 0.3) is 0 Å². The largest absolute Gasteiger partial charge is 0.508 e. The minimum atomic E-state index is -2.12. The molecule has 0 aliphatic carbocycles. The lowest BCUT2D eigenvalue weighted by atomic mass is 9.86. The number of anilines is 1. The van der Waals surface area contributed by atoms with Gasteiger partial charge in [-0.1, -0.05) is 77.9 Å². The van der Waals surface area contributed by atoms with Gasteiger partial charge in [0.05, 0.1) is 0 Å². The lowest BCUT2D eigenvalue weighted by Gasteiger charge is -2.40. The van der Waals surface area contributed by atoms with Crippen LogP contribution >= 0.6 is 0 Å². The van der Waals surface area contributed by atoms with Crippen molar-refractivity contribution in [1.82, 2.24) is 0 Å². The van der Waals surface area contributed by atoms with Gasteiger partial charge < -0.3 is 9.67 Å². The summed E-state index contributed by atoms with van der Waals surface area (Å²) < 4.78 is 2.49. The van der Waals surface area contributed by atoms with E-state index >= 15 is 0 Å². The first-order valence-electron chi connectivity index (χ1n) is 10.1. The molecule has 2 rings (SSSR count). The van der Waals surface area contributed by atoms with E-state index in [1.165, 1.54) is 16.8 Å². The van der Waals surface area contributed by atoms with Crippen molar-refractivity contribution in [2.75, 3.05) is 11.6 Å². The average molecular weight is 384 g/mol. The number of hydrogen-bond donors (Lipinski definition) is 1. The van der Waals surface area contributed by atoms with Crippen LogP contribution in [0.15, 0.2) is 36.4 Å². The van der Waals surface area contributed by atoms with Gasteiger partial charge >= 0.3 is 0 Å². The fraction of sp³-hybridized carbons (Fsp3) is 0.500. The Morgan fingerprint density at radius 2 is 1.63 bits per heavy atom. The third-order valence-electron chi connectivity index (χ3n) is 5.83. The maximum absolute atomic E-state index is 11.2. The molecule has 0 fully saturated rings. The average Bonchev–Trinajstić information content (AvgIpc) is 2.59. The second-order valence-electron chi connectivity index (χ2n) is 9.43. The van der Waals surface area contributed by atoms with Gasteiger partial charge in [-0.05, 0) is 54.6 Å². The Morgan fingerprint density at radius 3 is 2.15 bits per heavy atom. The zero-order valence-electron chi connectivity index (χ0n) is 18.6. The Labute approximate surface area is 167 Å². The van der Waals surface area contributed by atoms with Gasteiger partial charge in [0.2, 0.25) is 0 Å². The number of phenolic OH excluding ortho intramolecular Hbond substituents is 1. The molecule has 27 heavy (non-hydrogen) atoms. The minimum absolute atomic E-state index is 0.0758. The fourth-order valence-electron chi connectivity index (χ4n) is 3.87. The summed E-state index contributed by atoms with van der Waals surface area (Å²) in [6.07, 6.45) is 1.01. The molecule has 0 radical (unpaired) electrons. The van der Waals surface area contributed by atoms with Gasteiger partial charge in [-0.25, -0.2) is 0 Å². The van der Waals surface area contributed by atoms with E-state index in [4.69, 9.17) is 0 Å². The number of rotatable bonds is 5. The van der Waals surface area contributed by atoms with E-state index in [9.17, 15) is 5.11 Å². The van der Waals surface area contributed by atoms with Crippen molar-refractivity contribution in [1.29, 1.82) is 0 Å². The Kier molecular flexibility index (Phi) is 6.15. The first-order chi connectivity index (χ1) is 12.4. The highest BCUT2D eigenvalue weighted by Crippen LogP contribution is 2.36. The molecule has 0 heterocycles. The minimum Gasteiger partial charge on any atom is -0.508 e. The van der Waals surface area contributed by atoms with E-state index in [0.717, 1.165) is 17.2 Å². The van der Waals surface area contributed by atoms with Gasteiger partial charge in [0.15, 0.2) is 8.24 Å². The zero-order chi connectivity index (χ0) is 20.6. The maximum atomic E-state index is 11.2. The Bertz CT molecular complexity index is 803. The summed E-state index contributed by atoms with van der Waals surface area (Å²) in [5.41, 5.74) is 5.08. The molecule has 0 spiro atoms. The molecule has 0 aliphatic heterocycles. The number of aryl methyl sites for hydroxylation is 1. The summed E-state index contributed by atoms with van der Waals surface area (Å²) in [6.45, 7) is 17.9. The third-order valence-corrected chi connectivity index (χ3v) is 9.45. The summed E-state index contributed by atoms with van der Waals surface area (Å²) >= 11 is 0. The molecule has 0 atom stereocenters. The van der Waals surface area contributed by atoms with Crippen molar-refractivity contribution >= 4 is 19.1 Å². The van der Waals surface area contributed by atoms with E-state index < -0.39 is 8.24 Å². The van der Waals surface area contributed by atoms with Crippen LogP contribution < -0.4 is 9.75 Å². The number of aromatic hydroxyl groups is 1. The molecular weight excluding hydrogens is 346 g/mol. The Balaban J connectivity index is 2.66. The Hall–Kier alpha value is -1.74. The number of para-hydroxylation sites is 2. The van der Waals surface area contributed by atoms with Crippen LogP contribution in [0.2, 0.25) is 13.1 Å². The lowest BCUT2D eigenvalue weighted by Crippen LogP contribution is -2.57. The number of benzene rings is 2. The molecule has 2 aromatic carbocycles. The molecule has 0 saturated heterocycles. The number of phenols is 1. The topological polar surface area (TPSA) is 23.5 Å². The molecule has 148 valence electrons. The van der Waals surface area contributed by atoms with Crippen molar-refractivity contribution in [3.05, 3.63) is 53.1 Å². The van der Waals surface area contributed by atoms with Crippen molar-refractivity contribution in [2.45, 2.75) is 72.4 Å². The van der Waals surface area contributed by atoms with E-state index in [1.807, 2.05) is 0 Å². The first kappa shape index (κ1) is 21.6. The molecule has 1 N–H and O–H groups in total. The zero-order valence-corrected chi connectivity index (χ0v) is 19.6. The van der Waals surface area contributed by atoms with Crippen LogP contribution in [-0.4, -0.2) is 20.4 Å². The van der Waals surface area contributed by atoms with Crippen LogP contribution in [-0.2, 0) is 11.8 Å². The SMILES string of the molecule is CCc1cccc(C(C)C)c1N(C)[Si](C)(C)c1cccc(C(C)(C)C)c1O. The quantitative estimate of drug-likeness (QED) is 0.647. The van der Waals surface area contributed by atoms with Gasteiger partial charge in [0.1, 0.15) is 5.75 Å². The molecule has 0 aromatic heterocycles. The molecule has 0 amide bonds. The highest BCUT2D eigenvalue weighted by Gasteiger charge is 2.36. The van der Waals surface area contributed by atoms with Crippen molar-refractivity contribution in [3.8, 4) is 5.75 Å². The van der Waals surface area contributed by atoms with Crippen molar-refractivity contribution < 1.29 is 5.11 Å². The standard InChI is InChI=1S/C24H37NOSi/c1-10-18-13-11-14-19(17(2)3)22(18)25(7)27(8,9)21-16-12-15-20(23(21)26)24(4,5)6/h11-17,26H,10H2,1-9H3. The van der Waals surface area contributed by atoms with Crippen LogP contribution in [0, 0.1) is 0 Å². The second-order valence-corrected chi connectivity index (χ2v) is 13.8. The number of hydrogen-bond acceptors (Lipinski definition) is 2. The molecule has 0 saturated carbocycles. The van der Waals surface area contributed by atoms with E-state index in [-0.39, 0.29) is 5.41 Å². The summed E-state index contributed by atoms with van der Waals surface area (Å²) in [5.74, 6) is 0.946. The highest BCUT2D eigenvalue weighted by atomic mass is 28.3. The van der Waals surface area contributed by atoms with Crippen molar-refractivity contribution in [3.63, 3.8) is 0 Å². The normalized spacial score (nSPS) is 12.5. The Morgan fingerprint density at radius 1 is 1.04 bits per heavy atom. The molecular formula is C24H37NOSi. The van der Waals surface area contributed by atoms with E-state index in [1.54, 1.807) is 0 Å². The van der Waals surface area contributed by atoms with Gasteiger partial charge in [-0.15, -0.1) is 0 Å². The van der Waals surface area contributed by atoms with Gasteiger partial charge in [-0.2, -0.15) is 0 Å².